The zero-order valence-electron chi connectivity index (χ0n) is 12.1. The second-order valence-corrected chi connectivity index (χ2v) is 4.90. The molecule has 5 heteroatoms. The van der Waals surface area contributed by atoms with Crippen molar-refractivity contribution >= 4 is 11.0 Å². The van der Waals surface area contributed by atoms with Gasteiger partial charge in [0.1, 0.15) is 17.4 Å². The highest BCUT2D eigenvalue weighted by Crippen LogP contribution is 2.23. The minimum absolute atomic E-state index is 0.172. The molecule has 0 aliphatic carbocycles. The van der Waals surface area contributed by atoms with E-state index in [0.29, 0.717) is 23.7 Å². The van der Waals surface area contributed by atoms with Crippen molar-refractivity contribution in [1.82, 2.24) is 9.55 Å². The Morgan fingerprint density at radius 2 is 2.09 bits per heavy atom. The first-order valence-electron chi connectivity index (χ1n) is 6.86. The molecule has 0 unspecified atom stereocenters. The third-order valence-corrected chi connectivity index (χ3v) is 3.56. The lowest BCUT2D eigenvalue weighted by Crippen LogP contribution is -2.06. The molecule has 0 aliphatic rings. The smallest absolute Gasteiger partial charge is 0.128 e. The van der Waals surface area contributed by atoms with Gasteiger partial charge in [-0.2, -0.15) is 5.26 Å². The topological polar surface area (TPSA) is 50.8 Å². The molecule has 0 amide bonds. The van der Waals surface area contributed by atoms with Crippen molar-refractivity contribution in [3.05, 3.63) is 59.7 Å². The van der Waals surface area contributed by atoms with Gasteiger partial charge in [0, 0.05) is 11.6 Å². The minimum atomic E-state index is -0.263. The maximum atomic E-state index is 13.9. The molecule has 1 heterocycles. The number of halogens is 1. The monoisotopic (exact) mass is 295 g/mol. The number of methoxy groups -OCH3 is 1. The number of fused-ring (bicyclic) bond motifs is 1. The fourth-order valence-electron chi connectivity index (χ4n) is 2.47. The summed E-state index contributed by atoms with van der Waals surface area (Å²) in [4.78, 5) is 4.47. The van der Waals surface area contributed by atoms with Gasteiger partial charge in [0.2, 0.25) is 0 Å². The number of nitriles is 1. The van der Waals surface area contributed by atoms with Gasteiger partial charge in [-0.15, -0.1) is 0 Å². The molecule has 110 valence electrons. The van der Waals surface area contributed by atoms with Crippen LogP contribution in [0.25, 0.3) is 11.0 Å². The van der Waals surface area contributed by atoms with Gasteiger partial charge in [-0.25, -0.2) is 9.37 Å². The Bertz CT molecular complexity index is 864. The number of benzene rings is 2. The molecule has 0 N–H and O–H groups in total. The Hall–Kier alpha value is -2.87. The molecule has 0 bridgehead atoms. The van der Waals surface area contributed by atoms with E-state index in [1.807, 2.05) is 22.8 Å². The van der Waals surface area contributed by atoms with E-state index in [1.54, 1.807) is 25.3 Å². The largest absolute Gasteiger partial charge is 0.497 e. The van der Waals surface area contributed by atoms with E-state index in [1.165, 1.54) is 6.07 Å². The van der Waals surface area contributed by atoms with Gasteiger partial charge in [0.15, 0.2) is 0 Å². The van der Waals surface area contributed by atoms with Crippen LogP contribution in [0.5, 0.6) is 5.75 Å². The molecule has 0 spiro atoms. The fraction of sp³-hybridized carbons (Fsp3) is 0.176. The van der Waals surface area contributed by atoms with E-state index in [0.717, 1.165) is 11.0 Å². The highest BCUT2D eigenvalue weighted by molar-refractivity contribution is 5.78. The minimum Gasteiger partial charge on any atom is -0.497 e. The van der Waals surface area contributed by atoms with Crippen LogP contribution in [0.4, 0.5) is 4.39 Å². The summed E-state index contributed by atoms with van der Waals surface area (Å²) >= 11 is 0. The first kappa shape index (κ1) is 14.1. The predicted octanol–water partition coefficient (Wildman–Crippen LogP) is 3.30. The molecule has 2 aromatic carbocycles. The van der Waals surface area contributed by atoms with Crippen LogP contribution in [0.3, 0.4) is 0 Å². The number of hydrogen-bond donors (Lipinski definition) is 0. The molecule has 3 aromatic rings. The molecule has 3 rings (SSSR count). The highest BCUT2D eigenvalue weighted by atomic mass is 19.1. The standard InChI is InChI=1S/C17H14FN3O/c1-22-13-6-7-16-15(10-13)20-17(8-9-19)21(16)11-12-4-2-3-5-14(12)18/h2-7,10H,8,11H2,1H3. The summed E-state index contributed by atoms with van der Waals surface area (Å²) in [6.07, 6.45) is 0.172. The molecular weight excluding hydrogens is 281 g/mol. The molecule has 22 heavy (non-hydrogen) atoms. The van der Waals surface area contributed by atoms with Gasteiger partial charge in [-0.05, 0) is 18.2 Å². The summed E-state index contributed by atoms with van der Waals surface area (Å²) in [5.74, 6) is 1.06. The van der Waals surface area contributed by atoms with Crippen LogP contribution in [0.2, 0.25) is 0 Å². The maximum Gasteiger partial charge on any atom is 0.128 e. The van der Waals surface area contributed by atoms with Crippen molar-refractivity contribution < 1.29 is 9.13 Å². The van der Waals surface area contributed by atoms with E-state index < -0.39 is 0 Å². The van der Waals surface area contributed by atoms with Crippen LogP contribution < -0.4 is 4.74 Å². The van der Waals surface area contributed by atoms with Crippen LogP contribution in [-0.2, 0) is 13.0 Å². The lowest BCUT2D eigenvalue weighted by Gasteiger charge is -2.09. The van der Waals surface area contributed by atoms with Gasteiger partial charge in [0.25, 0.3) is 0 Å². The van der Waals surface area contributed by atoms with Crippen molar-refractivity contribution in [2.45, 2.75) is 13.0 Å². The Morgan fingerprint density at radius 3 is 2.82 bits per heavy atom. The molecule has 0 atom stereocenters. The van der Waals surface area contributed by atoms with E-state index in [4.69, 9.17) is 10.00 Å². The van der Waals surface area contributed by atoms with Gasteiger partial charge in [-0.1, -0.05) is 18.2 Å². The third-order valence-electron chi connectivity index (χ3n) is 3.56. The Morgan fingerprint density at radius 1 is 1.27 bits per heavy atom. The van der Waals surface area contributed by atoms with Crippen LogP contribution >= 0.6 is 0 Å². The quantitative estimate of drug-likeness (QED) is 0.742. The molecule has 0 radical (unpaired) electrons. The van der Waals surface area contributed by atoms with Crippen molar-refractivity contribution in [3.63, 3.8) is 0 Å². The summed E-state index contributed by atoms with van der Waals surface area (Å²) < 4.78 is 21.0. The van der Waals surface area contributed by atoms with Gasteiger partial charge in [0.05, 0.1) is 37.2 Å². The summed E-state index contributed by atoms with van der Waals surface area (Å²) in [7, 11) is 1.59. The summed E-state index contributed by atoms with van der Waals surface area (Å²) in [5, 5.41) is 8.99. The average molecular weight is 295 g/mol. The molecule has 0 saturated heterocycles. The van der Waals surface area contributed by atoms with Crippen molar-refractivity contribution in [2.24, 2.45) is 0 Å². The lowest BCUT2D eigenvalue weighted by molar-refractivity contribution is 0.415. The molecule has 0 fully saturated rings. The van der Waals surface area contributed by atoms with Crippen molar-refractivity contribution in [1.29, 1.82) is 5.26 Å². The maximum absolute atomic E-state index is 13.9. The number of nitrogens with zero attached hydrogens (tertiary/aromatic N) is 3. The van der Waals surface area contributed by atoms with Crippen molar-refractivity contribution in [3.8, 4) is 11.8 Å². The van der Waals surface area contributed by atoms with Crippen molar-refractivity contribution in [2.75, 3.05) is 7.11 Å². The van der Waals surface area contributed by atoms with E-state index in [2.05, 4.69) is 11.1 Å². The van der Waals surface area contributed by atoms with E-state index >= 15 is 0 Å². The number of imidazole rings is 1. The Labute approximate surface area is 127 Å². The predicted molar refractivity (Wildman–Crippen MR) is 81.1 cm³/mol. The van der Waals surface area contributed by atoms with Gasteiger partial charge >= 0.3 is 0 Å². The Balaban J connectivity index is 2.12. The third kappa shape index (κ3) is 2.51. The SMILES string of the molecule is COc1ccc2c(c1)nc(CC#N)n2Cc1ccccc1F. The summed E-state index contributed by atoms with van der Waals surface area (Å²) in [6.45, 7) is 0.340. The number of aromatic nitrogens is 2. The number of rotatable bonds is 4. The average Bonchev–Trinajstić information content (AvgIpc) is 2.86. The highest BCUT2D eigenvalue weighted by Gasteiger charge is 2.13. The number of ether oxygens (including phenoxy) is 1. The number of hydrogen-bond acceptors (Lipinski definition) is 3. The van der Waals surface area contributed by atoms with Gasteiger partial charge in [-0.3, -0.25) is 0 Å². The normalized spacial score (nSPS) is 10.6. The molecule has 0 saturated carbocycles. The van der Waals surface area contributed by atoms with Crippen LogP contribution in [-0.4, -0.2) is 16.7 Å². The first-order valence-corrected chi connectivity index (χ1v) is 6.86. The summed E-state index contributed by atoms with van der Waals surface area (Å²) in [5.41, 5.74) is 2.16. The fourth-order valence-corrected chi connectivity index (χ4v) is 2.47. The summed E-state index contributed by atoms with van der Waals surface area (Å²) in [6, 6.07) is 14.3. The molecule has 1 aromatic heterocycles. The van der Waals surface area contributed by atoms with Gasteiger partial charge < -0.3 is 9.30 Å². The zero-order chi connectivity index (χ0) is 15.5. The molecular formula is C17H14FN3O. The van der Waals surface area contributed by atoms with Crippen LogP contribution in [0, 0.1) is 17.1 Å². The molecule has 4 nitrogen and oxygen atoms in total. The lowest BCUT2D eigenvalue weighted by atomic mass is 10.2. The van der Waals surface area contributed by atoms with Crippen LogP contribution in [0.15, 0.2) is 42.5 Å². The zero-order valence-corrected chi connectivity index (χ0v) is 12.1. The van der Waals surface area contributed by atoms with E-state index in [9.17, 15) is 4.39 Å². The Kier molecular flexibility index (Phi) is 3.75. The second kappa shape index (κ2) is 5.86. The second-order valence-electron chi connectivity index (χ2n) is 4.90. The van der Waals surface area contributed by atoms with E-state index in [-0.39, 0.29) is 12.2 Å². The molecule has 0 aliphatic heterocycles. The van der Waals surface area contributed by atoms with Crippen LogP contribution in [0.1, 0.15) is 11.4 Å². The first-order chi connectivity index (χ1) is 10.7.